The number of carboxylic acids is 1. The van der Waals surface area contributed by atoms with E-state index in [1.807, 2.05) is 0 Å². The molecule has 2 aromatic heterocycles. The zero-order valence-electron chi connectivity index (χ0n) is 8.38. The molecule has 16 heavy (non-hydrogen) atoms. The second-order valence-electron chi connectivity index (χ2n) is 3.01. The number of aromatic nitrogens is 2. The summed E-state index contributed by atoms with van der Waals surface area (Å²) in [6, 6.07) is 3.18. The molecule has 82 valence electrons. The Morgan fingerprint density at radius 3 is 2.94 bits per heavy atom. The van der Waals surface area contributed by atoms with Gasteiger partial charge in [-0.2, -0.15) is 0 Å². The smallest absolute Gasteiger partial charge is 0.338 e. The number of aromatic carboxylic acids is 1. The van der Waals surface area contributed by atoms with E-state index in [0.29, 0.717) is 10.2 Å². The Labute approximate surface area is 95.5 Å². The largest absolute Gasteiger partial charge is 0.478 e. The van der Waals surface area contributed by atoms with Crippen LogP contribution < -0.4 is 0 Å². The van der Waals surface area contributed by atoms with Gasteiger partial charge in [-0.25, -0.2) is 14.8 Å². The quantitative estimate of drug-likeness (QED) is 0.880. The summed E-state index contributed by atoms with van der Waals surface area (Å²) in [5.74, 6) is -1.01. The van der Waals surface area contributed by atoms with Gasteiger partial charge in [-0.05, 0) is 30.8 Å². The minimum Gasteiger partial charge on any atom is -0.478 e. The highest BCUT2D eigenvalue weighted by molar-refractivity contribution is 7.99. The first-order valence-corrected chi connectivity index (χ1v) is 5.27. The maximum absolute atomic E-state index is 11.0. The molecule has 1 N–H and O–H groups in total. The Kier molecular flexibility index (Phi) is 2.91. The van der Waals surface area contributed by atoms with Crippen molar-refractivity contribution >= 4 is 17.7 Å². The molecule has 2 rings (SSSR count). The number of aryl methyl sites for hydroxylation is 1. The number of carbonyl (C=O) groups is 1. The first-order chi connectivity index (χ1) is 7.66. The summed E-state index contributed by atoms with van der Waals surface area (Å²) in [4.78, 5) is 19.0. The molecule has 0 aliphatic heterocycles. The lowest BCUT2D eigenvalue weighted by molar-refractivity contribution is 0.0692. The Bertz CT molecular complexity index is 511. The molecule has 0 saturated heterocycles. The summed E-state index contributed by atoms with van der Waals surface area (Å²) in [7, 11) is 0. The fourth-order valence-electron chi connectivity index (χ4n) is 1.12. The number of pyridine rings is 1. The molecule has 2 aromatic rings. The van der Waals surface area contributed by atoms with Gasteiger partial charge in [0.05, 0.1) is 11.8 Å². The molecule has 6 heteroatoms. The number of hydrogen-bond acceptors (Lipinski definition) is 5. The van der Waals surface area contributed by atoms with Gasteiger partial charge in [-0.1, -0.05) is 0 Å². The highest BCUT2D eigenvalue weighted by atomic mass is 32.2. The topological polar surface area (TPSA) is 76.2 Å². The minimum atomic E-state index is -1.01. The van der Waals surface area contributed by atoms with Crippen LogP contribution in [-0.2, 0) is 0 Å². The molecule has 0 unspecified atom stereocenters. The number of carboxylic acid groups (broad SMARTS) is 1. The van der Waals surface area contributed by atoms with Gasteiger partial charge in [-0.15, -0.1) is 0 Å². The number of hydrogen-bond donors (Lipinski definition) is 1. The van der Waals surface area contributed by atoms with E-state index in [2.05, 4.69) is 9.97 Å². The van der Waals surface area contributed by atoms with Crippen LogP contribution in [0.2, 0.25) is 0 Å². The number of oxazole rings is 1. The van der Waals surface area contributed by atoms with E-state index in [1.54, 1.807) is 13.0 Å². The molecule has 0 aliphatic carbocycles. The molecule has 0 atom stereocenters. The van der Waals surface area contributed by atoms with Crippen molar-refractivity contribution in [3.8, 4) is 0 Å². The summed E-state index contributed by atoms with van der Waals surface area (Å²) in [5.41, 5.74) is 0.896. The van der Waals surface area contributed by atoms with Gasteiger partial charge in [0, 0.05) is 5.69 Å². The lowest BCUT2D eigenvalue weighted by atomic mass is 10.2. The van der Waals surface area contributed by atoms with Crippen LogP contribution in [0.15, 0.2) is 39.3 Å². The van der Waals surface area contributed by atoms with E-state index in [9.17, 15) is 4.79 Å². The second kappa shape index (κ2) is 4.36. The molecule has 0 spiro atoms. The van der Waals surface area contributed by atoms with E-state index < -0.39 is 5.97 Å². The fraction of sp³-hybridized carbons (Fsp3) is 0.100. The van der Waals surface area contributed by atoms with Crippen LogP contribution in [0.5, 0.6) is 0 Å². The highest BCUT2D eigenvalue weighted by Crippen LogP contribution is 2.27. The lowest BCUT2D eigenvalue weighted by Crippen LogP contribution is -2.01. The summed E-state index contributed by atoms with van der Waals surface area (Å²) in [5, 5.41) is 9.74. The molecule has 0 aliphatic rings. The molecule has 0 saturated carbocycles. The van der Waals surface area contributed by atoms with Crippen molar-refractivity contribution in [1.29, 1.82) is 0 Å². The van der Waals surface area contributed by atoms with Crippen molar-refractivity contribution < 1.29 is 14.3 Å². The first kappa shape index (κ1) is 10.7. The average Bonchev–Trinajstić information content (AvgIpc) is 2.70. The van der Waals surface area contributed by atoms with Gasteiger partial charge >= 0.3 is 5.97 Å². The van der Waals surface area contributed by atoms with E-state index in [1.165, 1.54) is 18.5 Å². The fourth-order valence-corrected chi connectivity index (χ4v) is 1.95. The maximum Gasteiger partial charge on any atom is 0.338 e. The van der Waals surface area contributed by atoms with E-state index >= 15 is 0 Å². The molecule has 0 fully saturated rings. The van der Waals surface area contributed by atoms with Crippen LogP contribution in [-0.4, -0.2) is 21.0 Å². The molecule has 0 aromatic carbocycles. The third-order valence-corrected chi connectivity index (χ3v) is 2.70. The van der Waals surface area contributed by atoms with E-state index in [0.717, 1.165) is 17.5 Å². The van der Waals surface area contributed by atoms with Crippen molar-refractivity contribution in [3.63, 3.8) is 0 Å². The average molecular weight is 236 g/mol. The molecular weight excluding hydrogens is 228 g/mol. The molecule has 0 radical (unpaired) electrons. The lowest BCUT2D eigenvalue weighted by Gasteiger charge is -2.02. The predicted octanol–water partition coefficient (Wildman–Crippen LogP) is 2.23. The van der Waals surface area contributed by atoms with Gasteiger partial charge in [0.15, 0.2) is 0 Å². The number of rotatable bonds is 3. The van der Waals surface area contributed by atoms with Crippen molar-refractivity contribution in [2.75, 3.05) is 0 Å². The Balaban J connectivity index is 2.38. The SMILES string of the molecule is Cc1ccc(C(=O)O)c(Sc2ncco2)n1. The van der Waals surface area contributed by atoms with Crippen molar-refractivity contribution in [1.82, 2.24) is 9.97 Å². The molecule has 5 nitrogen and oxygen atoms in total. The standard InChI is InChI=1S/C10H8N2O3S/c1-6-2-3-7(9(13)14)8(12-6)16-10-11-4-5-15-10/h2-5H,1H3,(H,13,14). The third kappa shape index (κ3) is 2.22. The summed E-state index contributed by atoms with van der Waals surface area (Å²) < 4.78 is 5.03. The summed E-state index contributed by atoms with van der Waals surface area (Å²) in [6.07, 6.45) is 2.93. The van der Waals surface area contributed by atoms with Crippen LogP contribution >= 0.6 is 11.8 Å². The zero-order chi connectivity index (χ0) is 11.5. The minimum absolute atomic E-state index is 0.147. The van der Waals surface area contributed by atoms with Crippen LogP contribution in [0.25, 0.3) is 0 Å². The monoisotopic (exact) mass is 236 g/mol. The van der Waals surface area contributed by atoms with Crippen molar-refractivity contribution in [3.05, 3.63) is 35.9 Å². The van der Waals surface area contributed by atoms with Crippen LogP contribution in [0.3, 0.4) is 0 Å². The van der Waals surface area contributed by atoms with Crippen molar-refractivity contribution in [2.24, 2.45) is 0 Å². The summed E-state index contributed by atoms with van der Waals surface area (Å²) >= 11 is 1.09. The van der Waals surface area contributed by atoms with Crippen molar-refractivity contribution in [2.45, 2.75) is 17.2 Å². The summed E-state index contributed by atoms with van der Waals surface area (Å²) in [6.45, 7) is 1.80. The van der Waals surface area contributed by atoms with Crippen LogP contribution in [0.4, 0.5) is 0 Å². The van der Waals surface area contributed by atoms with Gasteiger partial charge in [0.2, 0.25) is 0 Å². The Hall–Kier alpha value is -1.82. The first-order valence-electron chi connectivity index (χ1n) is 4.45. The van der Waals surface area contributed by atoms with Gasteiger partial charge < -0.3 is 9.52 Å². The van der Waals surface area contributed by atoms with Crippen LogP contribution in [0, 0.1) is 6.92 Å². The molecular formula is C10H8N2O3S. The number of nitrogens with zero attached hydrogens (tertiary/aromatic N) is 2. The second-order valence-corrected chi connectivity index (χ2v) is 3.95. The Morgan fingerprint density at radius 2 is 2.31 bits per heavy atom. The zero-order valence-corrected chi connectivity index (χ0v) is 9.19. The predicted molar refractivity (Wildman–Crippen MR) is 56.6 cm³/mol. The normalized spacial score (nSPS) is 10.3. The molecule has 0 bridgehead atoms. The van der Waals surface area contributed by atoms with Crippen LogP contribution in [0.1, 0.15) is 16.1 Å². The third-order valence-electron chi connectivity index (χ3n) is 1.82. The van der Waals surface area contributed by atoms with Gasteiger partial charge in [-0.3, -0.25) is 0 Å². The molecule has 0 amide bonds. The Morgan fingerprint density at radius 1 is 1.50 bits per heavy atom. The van der Waals surface area contributed by atoms with Gasteiger partial charge in [0.1, 0.15) is 11.3 Å². The van der Waals surface area contributed by atoms with Gasteiger partial charge in [0.25, 0.3) is 5.22 Å². The van der Waals surface area contributed by atoms with E-state index in [4.69, 9.17) is 9.52 Å². The maximum atomic E-state index is 11.0. The van der Waals surface area contributed by atoms with E-state index in [-0.39, 0.29) is 5.56 Å². The highest BCUT2D eigenvalue weighted by Gasteiger charge is 2.14. The molecule has 2 heterocycles.